The lowest BCUT2D eigenvalue weighted by Gasteiger charge is -2.21. The minimum Gasteiger partial charge on any atom is -0.508 e. The highest BCUT2D eigenvalue weighted by atomic mass is 16.7. The van der Waals surface area contributed by atoms with Crippen molar-refractivity contribution >= 4 is 16.9 Å². The summed E-state index contributed by atoms with van der Waals surface area (Å²) in [5, 5.41) is 22.2. The molecule has 2 N–H and O–H groups in total. The molecule has 1 aliphatic heterocycles. The highest BCUT2D eigenvalue weighted by molar-refractivity contribution is 5.89. The monoisotopic (exact) mass is 384 g/mol. The predicted molar refractivity (Wildman–Crippen MR) is 104 cm³/mol. The number of ether oxygens (including phenoxy) is 2. The van der Waals surface area contributed by atoms with Crippen molar-refractivity contribution in [2.24, 2.45) is 0 Å². The van der Waals surface area contributed by atoms with Gasteiger partial charge in [-0.3, -0.25) is 0 Å². The van der Waals surface area contributed by atoms with Gasteiger partial charge in [0.25, 0.3) is 5.89 Å². The number of aromatic nitrogens is 3. The second-order valence-electron chi connectivity index (χ2n) is 7.93. The zero-order chi connectivity index (χ0) is 19.9. The zero-order valence-electron chi connectivity index (χ0n) is 16.4. The van der Waals surface area contributed by atoms with E-state index in [0.29, 0.717) is 31.3 Å². The van der Waals surface area contributed by atoms with Crippen molar-refractivity contribution in [1.82, 2.24) is 15.2 Å². The van der Waals surface area contributed by atoms with Crippen LogP contribution in [0.4, 0.5) is 6.01 Å². The normalized spacial score (nSPS) is 15.4. The second kappa shape index (κ2) is 7.03. The fourth-order valence-electron chi connectivity index (χ4n) is 3.25. The van der Waals surface area contributed by atoms with Crippen molar-refractivity contribution in [3.63, 3.8) is 0 Å². The molecule has 2 aromatic heterocycles. The Morgan fingerprint density at radius 3 is 2.61 bits per heavy atom. The molecule has 1 aliphatic rings. The van der Waals surface area contributed by atoms with Crippen LogP contribution in [0, 0.1) is 6.92 Å². The van der Waals surface area contributed by atoms with Crippen molar-refractivity contribution < 1.29 is 19.0 Å². The largest absolute Gasteiger partial charge is 0.508 e. The number of phenols is 1. The summed E-state index contributed by atoms with van der Waals surface area (Å²) in [5.41, 5.74) is 3.16. The number of nitrogens with zero attached hydrogens (tertiary/aromatic N) is 3. The van der Waals surface area contributed by atoms with Gasteiger partial charge in [-0.05, 0) is 41.7 Å². The molecule has 0 radical (unpaired) electrons. The third-order valence-electron chi connectivity index (χ3n) is 4.67. The molecule has 4 rings (SSSR count). The number of nitrogens with one attached hydrogen (secondary N) is 1. The molecule has 148 valence electrons. The average Bonchev–Trinajstić information content (AvgIpc) is 3.30. The van der Waals surface area contributed by atoms with Crippen molar-refractivity contribution in [3.8, 4) is 17.3 Å². The van der Waals surface area contributed by atoms with E-state index >= 15 is 0 Å². The predicted octanol–water partition coefficient (Wildman–Crippen LogP) is 3.38. The molecular weight excluding hydrogens is 360 g/mol. The van der Waals surface area contributed by atoms with Crippen LogP contribution in [0.3, 0.4) is 0 Å². The lowest BCUT2D eigenvalue weighted by molar-refractivity contribution is -0.0302. The lowest BCUT2D eigenvalue weighted by Crippen LogP contribution is -2.20. The van der Waals surface area contributed by atoms with Crippen LogP contribution in [0.2, 0.25) is 0 Å². The summed E-state index contributed by atoms with van der Waals surface area (Å²) in [6.45, 7) is 9.86. The van der Waals surface area contributed by atoms with Gasteiger partial charge in [0.05, 0.1) is 25.3 Å². The molecule has 1 aromatic carbocycles. The van der Waals surface area contributed by atoms with Gasteiger partial charge in [0.2, 0.25) is 0 Å². The Labute approximate surface area is 162 Å². The molecule has 3 heterocycles. The number of aryl methyl sites for hydroxylation is 1. The molecule has 0 atom stereocenters. The molecule has 28 heavy (non-hydrogen) atoms. The minimum atomic E-state index is -0.307. The number of fused-ring (bicyclic) bond motifs is 1. The first-order chi connectivity index (χ1) is 13.3. The number of aromatic hydroxyl groups is 1. The molecule has 0 bridgehead atoms. The van der Waals surface area contributed by atoms with E-state index in [1.54, 1.807) is 12.1 Å². The molecular formula is C20H24N4O4. The van der Waals surface area contributed by atoms with Crippen LogP contribution in [-0.4, -0.2) is 46.3 Å². The van der Waals surface area contributed by atoms with Crippen molar-refractivity contribution in [3.05, 3.63) is 29.3 Å². The number of hydrogen-bond donors (Lipinski definition) is 2. The number of benzene rings is 1. The summed E-state index contributed by atoms with van der Waals surface area (Å²) in [4.78, 5) is 4.78. The number of anilines is 1. The molecule has 3 aromatic rings. The first kappa shape index (κ1) is 18.6. The quantitative estimate of drug-likeness (QED) is 0.706. The van der Waals surface area contributed by atoms with E-state index in [4.69, 9.17) is 18.9 Å². The van der Waals surface area contributed by atoms with Crippen LogP contribution in [0.1, 0.15) is 31.9 Å². The van der Waals surface area contributed by atoms with Gasteiger partial charge in [-0.15, -0.1) is 5.10 Å². The van der Waals surface area contributed by atoms with Gasteiger partial charge in [0.1, 0.15) is 11.4 Å². The molecule has 8 nitrogen and oxygen atoms in total. The van der Waals surface area contributed by atoms with E-state index < -0.39 is 0 Å². The standard InChI is InChI=1S/C20H24N4O4/c1-11-7-15(18-23-24-19(28-18)21-10-16-26-5-6-27-16)22-17-13(11)8-12(25)9-14(17)20(2,3)4/h7-9,16,25H,5-6,10H2,1-4H3,(H,21,24). The van der Waals surface area contributed by atoms with E-state index in [0.717, 1.165) is 22.0 Å². The van der Waals surface area contributed by atoms with Crippen molar-refractivity contribution in [2.75, 3.05) is 25.1 Å². The highest BCUT2D eigenvalue weighted by Gasteiger charge is 2.22. The Balaban J connectivity index is 1.68. The molecule has 0 spiro atoms. The topological polar surface area (TPSA) is 103 Å². The second-order valence-corrected chi connectivity index (χ2v) is 7.93. The van der Waals surface area contributed by atoms with Gasteiger partial charge < -0.3 is 24.3 Å². The molecule has 1 saturated heterocycles. The number of phenolic OH excluding ortho intramolecular Hbond substituents is 1. The van der Waals surface area contributed by atoms with E-state index in [1.807, 2.05) is 13.0 Å². The molecule has 8 heteroatoms. The minimum absolute atomic E-state index is 0.183. The fourth-order valence-corrected chi connectivity index (χ4v) is 3.25. The van der Waals surface area contributed by atoms with Gasteiger partial charge >= 0.3 is 6.01 Å². The average molecular weight is 384 g/mol. The Bertz CT molecular complexity index is 1000. The van der Waals surface area contributed by atoms with E-state index in [-0.39, 0.29) is 23.5 Å². The Morgan fingerprint density at radius 1 is 1.14 bits per heavy atom. The molecule has 0 amide bonds. The summed E-state index contributed by atoms with van der Waals surface area (Å²) in [5.74, 6) is 0.560. The maximum atomic E-state index is 10.1. The van der Waals surface area contributed by atoms with Crippen molar-refractivity contribution in [2.45, 2.75) is 39.4 Å². The first-order valence-corrected chi connectivity index (χ1v) is 9.27. The number of pyridine rings is 1. The van der Waals surface area contributed by atoms with Crippen LogP contribution >= 0.6 is 0 Å². The third kappa shape index (κ3) is 3.65. The van der Waals surface area contributed by atoms with Gasteiger partial charge in [-0.1, -0.05) is 25.9 Å². The molecule has 0 saturated carbocycles. The van der Waals surface area contributed by atoms with Gasteiger partial charge in [-0.25, -0.2) is 4.98 Å². The highest BCUT2D eigenvalue weighted by Crippen LogP contribution is 2.35. The summed E-state index contributed by atoms with van der Waals surface area (Å²) < 4.78 is 16.5. The maximum absolute atomic E-state index is 10.1. The third-order valence-corrected chi connectivity index (χ3v) is 4.67. The van der Waals surface area contributed by atoms with Crippen LogP contribution < -0.4 is 5.32 Å². The smallest absolute Gasteiger partial charge is 0.315 e. The van der Waals surface area contributed by atoms with Crippen LogP contribution in [0.25, 0.3) is 22.5 Å². The van der Waals surface area contributed by atoms with E-state index in [9.17, 15) is 5.11 Å². The number of rotatable bonds is 4. The molecule has 1 fully saturated rings. The summed E-state index contributed by atoms with van der Waals surface area (Å²) in [7, 11) is 0. The number of hydrogen-bond acceptors (Lipinski definition) is 8. The zero-order valence-corrected chi connectivity index (χ0v) is 16.4. The van der Waals surface area contributed by atoms with Crippen LogP contribution in [-0.2, 0) is 14.9 Å². The van der Waals surface area contributed by atoms with Crippen LogP contribution in [0.5, 0.6) is 5.75 Å². The summed E-state index contributed by atoms with van der Waals surface area (Å²) in [6.07, 6.45) is -0.307. The lowest BCUT2D eigenvalue weighted by atomic mass is 9.84. The van der Waals surface area contributed by atoms with E-state index in [1.165, 1.54) is 0 Å². The van der Waals surface area contributed by atoms with Gasteiger partial charge in [0.15, 0.2) is 6.29 Å². The van der Waals surface area contributed by atoms with Crippen molar-refractivity contribution in [1.29, 1.82) is 0 Å². The summed E-state index contributed by atoms with van der Waals surface area (Å²) >= 11 is 0. The van der Waals surface area contributed by atoms with Crippen LogP contribution in [0.15, 0.2) is 22.6 Å². The molecule has 0 aliphatic carbocycles. The Morgan fingerprint density at radius 2 is 1.89 bits per heavy atom. The Hall–Kier alpha value is -2.71. The SMILES string of the molecule is Cc1cc(-c2nnc(NCC3OCCO3)o2)nc2c(C(C)(C)C)cc(O)cc12. The van der Waals surface area contributed by atoms with Gasteiger partial charge in [-0.2, -0.15) is 0 Å². The van der Waals surface area contributed by atoms with E-state index in [2.05, 4.69) is 36.3 Å². The first-order valence-electron chi connectivity index (χ1n) is 9.27. The molecule has 0 unspecified atom stereocenters. The van der Waals surface area contributed by atoms with Gasteiger partial charge in [0, 0.05) is 5.39 Å². The maximum Gasteiger partial charge on any atom is 0.315 e. The fraction of sp³-hybridized carbons (Fsp3) is 0.450. The summed E-state index contributed by atoms with van der Waals surface area (Å²) in [6, 6.07) is 5.67. The Kier molecular flexibility index (Phi) is 4.68.